The van der Waals surface area contributed by atoms with E-state index in [9.17, 15) is 9.59 Å². The third-order valence-corrected chi connectivity index (χ3v) is 4.72. The zero-order valence-corrected chi connectivity index (χ0v) is 12.0. The highest BCUT2D eigenvalue weighted by atomic mass is 16.4. The van der Waals surface area contributed by atoms with Crippen LogP contribution in [0.25, 0.3) is 0 Å². The molecule has 2 N–H and O–H groups in total. The molecule has 2 saturated heterocycles. The molecule has 6 heteroatoms. The first-order valence-corrected chi connectivity index (χ1v) is 7.40. The molecule has 2 bridgehead atoms. The monoisotopic (exact) mass is 292 g/mol. The molecule has 21 heavy (non-hydrogen) atoms. The fourth-order valence-electron chi connectivity index (χ4n) is 3.57. The van der Waals surface area contributed by atoms with E-state index in [4.69, 9.17) is 9.52 Å². The molecule has 2 unspecified atom stereocenters. The van der Waals surface area contributed by atoms with E-state index in [1.54, 1.807) is 0 Å². The van der Waals surface area contributed by atoms with Gasteiger partial charge < -0.3 is 19.7 Å². The number of carboxylic acids is 1. The zero-order valence-electron chi connectivity index (χ0n) is 12.0. The summed E-state index contributed by atoms with van der Waals surface area (Å²) in [5, 5.41) is 11.8. The van der Waals surface area contributed by atoms with Gasteiger partial charge in [-0.3, -0.25) is 4.79 Å². The van der Waals surface area contributed by atoms with Gasteiger partial charge in [0.25, 0.3) is 5.91 Å². The summed E-state index contributed by atoms with van der Waals surface area (Å²) in [5.41, 5.74) is 0. The number of amides is 1. The Bertz CT molecular complexity index is 540. The third-order valence-electron chi connectivity index (χ3n) is 4.72. The lowest BCUT2D eigenvalue weighted by Crippen LogP contribution is -2.55. The SMILES string of the molecule is CN1C2CCCC1CC(NC(=O)c1ccc(C(=O)O)o1)C2. The summed E-state index contributed by atoms with van der Waals surface area (Å²) in [6, 6.07) is 3.93. The number of carbonyl (C=O) groups excluding carboxylic acids is 1. The van der Waals surface area contributed by atoms with Gasteiger partial charge in [0.2, 0.25) is 5.76 Å². The van der Waals surface area contributed by atoms with E-state index in [1.807, 2.05) is 0 Å². The Labute approximate surface area is 123 Å². The maximum Gasteiger partial charge on any atom is 0.371 e. The summed E-state index contributed by atoms with van der Waals surface area (Å²) >= 11 is 0. The van der Waals surface area contributed by atoms with Crippen molar-refractivity contribution in [1.82, 2.24) is 10.2 Å². The lowest BCUT2D eigenvalue weighted by atomic mass is 9.82. The van der Waals surface area contributed by atoms with Gasteiger partial charge in [-0.25, -0.2) is 4.79 Å². The van der Waals surface area contributed by atoms with Crippen LogP contribution in [0.4, 0.5) is 0 Å². The molecule has 3 rings (SSSR count). The van der Waals surface area contributed by atoms with Gasteiger partial charge in [0.15, 0.2) is 5.76 Å². The largest absolute Gasteiger partial charge is 0.475 e. The normalized spacial score (nSPS) is 29.1. The molecule has 0 radical (unpaired) electrons. The number of rotatable bonds is 3. The number of piperidine rings is 2. The number of nitrogens with one attached hydrogen (secondary N) is 1. The van der Waals surface area contributed by atoms with Crippen molar-refractivity contribution in [3.8, 4) is 0 Å². The molecule has 1 amide bonds. The number of nitrogens with zero attached hydrogens (tertiary/aromatic N) is 1. The second kappa shape index (κ2) is 5.52. The van der Waals surface area contributed by atoms with E-state index in [2.05, 4.69) is 17.3 Å². The van der Waals surface area contributed by atoms with Gasteiger partial charge in [-0.05, 0) is 44.9 Å². The van der Waals surface area contributed by atoms with Crippen molar-refractivity contribution in [2.24, 2.45) is 0 Å². The predicted octanol–water partition coefficient (Wildman–Crippen LogP) is 1.72. The first kappa shape index (κ1) is 14.1. The highest BCUT2D eigenvalue weighted by Crippen LogP contribution is 2.32. The first-order chi connectivity index (χ1) is 10.0. The minimum atomic E-state index is -1.16. The number of aromatic carboxylic acids is 1. The molecule has 2 atom stereocenters. The van der Waals surface area contributed by atoms with E-state index in [0.717, 1.165) is 12.8 Å². The molecule has 2 aliphatic heterocycles. The van der Waals surface area contributed by atoms with Gasteiger partial charge in [-0.1, -0.05) is 6.42 Å². The topological polar surface area (TPSA) is 82.8 Å². The molecule has 3 heterocycles. The Balaban J connectivity index is 1.63. The van der Waals surface area contributed by atoms with E-state index in [-0.39, 0.29) is 23.5 Å². The van der Waals surface area contributed by atoms with Crippen LogP contribution in [0.5, 0.6) is 0 Å². The number of hydrogen-bond acceptors (Lipinski definition) is 4. The van der Waals surface area contributed by atoms with Gasteiger partial charge in [-0.15, -0.1) is 0 Å². The minimum absolute atomic E-state index is 0.0662. The molecule has 1 aromatic heterocycles. The quantitative estimate of drug-likeness (QED) is 0.886. The average molecular weight is 292 g/mol. The Hall–Kier alpha value is -1.82. The molecular formula is C15H20N2O4. The fraction of sp³-hybridized carbons (Fsp3) is 0.600. The zero-order chi connectivity index (χ0) is 15.0. The van der Waals surface area contributed by atoms with Gasteiger partial charge in [0.05, 0.1) is 0 Å². The maximum atomic E-state index is 12.1. The van der Waals surface area contributed by atoms with Crippen LogP contribution in [0.3, 0.4) is 0 Å². The van der Waals surface area contributed by atoms with Gasteiger partial charge in [-0.2, -0.15) is 0 Å². The maximum absolute atomic E-state index is 12.1. The third kappa shape index (κ3) is 2.81. The first-order valence-electron chi connectivity index (χ1n) is 7.40. The Morgan fingerprint density at radius 1 is 1.24 bits per heavy atom. The molecule has 0 saturated carbocycles. The summed E-state index contributed by atoms with van der Waals surface area (Å²) in [7, 11) is 2.16. The highest BCUT2D eigenvalue weighted by molar-refractivity contribution is 5.93. The molecule has 0 aliphatic carbocycles. The summed E-state index contributed by atoms with van der Waals surface area (Å²) in [5.74, 6) is -1.63. The van der Waals surface area contributed by atoms with Crippen LogP contribution in [-0.2, 0) is 0 Å². The molecule has 0 spiro atoms. The van der Waals surface area contributed by atoms with Gasteiger partial charge >= 0.3 is 5.97 Å². The van der Waals surface area contributed by atoms with Gasteiger partial charge in [0, 0.05) is 18.1 Å². The Morgan fingerprint density at radius 2 is 1.86 bits per heavy atom. The van der Waals surface area contributed by atoms with Crippen molar-refractivity contribution >= 4 is 11.9 Å². The summed E-state index contributed by atoms with van der Waals surface area (Å²) in [6.45, 7) is 0. The number of carbonyl (C=O) groups is 2. The Kier molecular flexibility index (Phi) is 3.71. The van der Waals surface area contributed by atoms with Crippen LogP contribution >= 0.6 is 0 Å². The van der Waals surface area contributed by atoms with Crippen LogP contribution in [-0.4, -0.2) is 47.1 Å². The van der Waals surface area contributed by atoms with E-state index < -0.39 is 5.97 Å². The number of hydrogen-bond donors (Lipinski definition) is 2. The standard InChI is InChI=1S/C15H20N2O4/c1-17-10-3-2-4-11(17)8-9(7-10)16-14(18)12-5-6-13(21-12)15(19)20/h5-6,9-11H,2-4,7-8H2,1H3,(H,16,18)(H,19,20). The van der Waals surface area contributed by atoms with Gasteiger partial charge in [0.1, 0.15) is 0 Å². The van der Waals surface area contributed by atoms with Crippen molar-refractivity contribution < 1.29 is 19.1 Å². The minimum Gasteiger partial charge on any atom is -0.475 e. The number of carboxylic acid groups (broad SMARTS) is 1. The Morgan fingerprint density at radius 3 is 2.43 bits per heavy atom. The second-order valence-electron chi connectivity index (χ2n) is 6.01. The lowest BCUT2D eigenvalue weighted by Gasteiger charge is -2.47. The van der Waals surface area contributed by atoms with E-state index in [0.29, 0.717) is 12.1 Å². The second-order valence-corrected chi connectivity index (χ2v) is 6.01. The lowest BCUT2D eigenvalue weighted by molar-refractivity contribution is 0.0456. The molecule has 6 nitrogen and oxygen atoms in total. The molecule has 114 valence electrons. The molecule has 2 fully saturated rings. The fourth-order valence-corrected chi connectivity index (χ4v) is 3.57. The van der Waals surface area contributed by atoms with Crippen LogP contribution in [0, 0.1) is 0 Å². The van der Waals surface area contributed by atoms with E-state index >= 15 is 0 Å². The van der Waals surface area contributed by atoms with Crippen molar-refractivity contribution in [3.05, 3.63) is 23.7 Å². The predicted molar refractivity (Wildman–Crippen MR) is 75.3 cm³/mol. The summed E-state index contributed by atoms with van der Waals surface area (Å²) in [4.78, 5) is 25.3. The van der Waals surface area contributed by atoms with Crippen molar-refractivity contribution in [3.63, 3.8) is 0 Å². The molecule has 1 aromatic rings. The van der Waals surface area contributed by atoms with Crippen molar-refractivity contribution in [1.29, 1.82) is 0 Å². The highest BCUT2D eigenvalue weighted by Gasteiger charge is 2.36. The molecular weight excluding hydrogens is 272 g/mol. The van der Waals surface area contributed by atoms with Crippen molar-refractivity contribution in [2.45, 2.75) is 50.2 Å². The summed E-state index contributed by atoms with van der Waals surface area (Å²) < 4.78 is 5.04. The van der Waals surface area contributed by atoms with Crippen molar-refractivity contribution in [2.75, 3.05) is 7.05 Å². The summed E-state index contributed by atoms with van der Waals surface area (Å²) in [6.07, 6.45) is 5.53. The number of fused-ring (bicyclic) bond motifs is 2. The number of furan rings is 1. The van der Waals surface area contributed by atoms with Crippen LogP contribution < -0.4 is 5.32 Å². The average Bonchev–Trinajstić information content (AvgIpc) is 2.90. The van der Waals surface area contributed by atoms with E-state index in [1.165, 1.54) is 31.4 Å². The molecule has 2 aliphatic rings. The molecule has 0 aromatic carbocycles. The smallest absolute Gasteiger partial charge is 0.371 e. The van der Waals surface area contributed by atoms with Crippen LogP contribution in [0.2, 0.25) is 0 Å². The van der Waals surface area contributed by atoms with Crippen LogP contribution in [0.15, 0.2) is 16.5 Å². The van der Waals surface area contributed by atoms with Crippen LogP contribution in [0.1, 0.15) is 53.2 Å².